The Labute approximate surface area is 112 Å². The van der Waals surface area contributed by atoms with E-state index in [1.807, 2.05) is 4.90 Å². The van der Waals surface area contributed by atoms with E-state index < -0.39 is 0 Å². The summed E-state index contributed by atoms with van der Waals surface area (Å²) >= 11 is 0. The number of hydrogen-bond donors (Lipinski definition) is 2. The smallest absolute Gasteiger partial charge is 0.239 e. The van der Waals surface area contributed by atoms with E-state index in [0.29, 0.717) is 25.8 Å². The van der Waals surface area contributed by atoms with Crippen molar-refractivity contribution in [1.82, 2.24) is 15.5 Å². The monoisotopic (exact) mass is 265 g/mol. The molecule has 2 N–H and O–H groups in total. The second-order valence-corrected chi connectivity index (χ2v) is 4.82. The zero-order valence-corrected chi connectivity index (χ0v) is 10.9. The van der Waals surface area contributed by atoms with E-state index in [0.717, 1.165) is 12.8 Å². The fourth-order valence-electron chi connectivity index (χ4n) is 1.98. The van der Waals surface area contributed by atoms with Crippen LogP contribution >= 0.6 is 0 Å². The Hall–Kier alpha value is -1.58. The minimum Gasteiger partial charge on any atom is -0.378 e. The van der Waals surface area contributed by atoms with Crippen LogP contribution in [0.4, 0.5) is 0 Å². The van der Waals surface area contributed by atoms with Gasteiger partial charge in [0.05, 0.1) is 26.3 Å². The van der Waals surface area contributed by atoms with Gasteiger partial charge in [-0.15, -0.1) is 6.42 Å². The molecule has 6 heteroatoms. The largest absolute Gasteiger partial charge is 0.378 e. The number of carbonyl (C=O) groups excluding carboxylic acids is 2. The zero-order chi connectivity index (χ0) is 13.7. The standard InChI is InChI=1S/C13H19N3O3/c1-2-5-14-12(17)8-16-6-7-19-9-11(16)13(18)15-10-3-4-10/h1,10-11H,3-9H2,(H,14,17)(H,15,18). The van der Waals surface area contributed by atoms with Crippen LogP contribution in [-0.4, -0.2) is 61.6 Å². The van der Waals surface area contributed by atoms with E-state index in [4.69, 9.17) is 11.2 Å². The molecule has 0 aromatic carbocycles. The molecule has 2 amide bonds. The van der Waals surface area contributed by atoms with Gasteiger partial charge in [0.25, 0.3) is 0 Å². The Kier molecular flexibility index (Phi) is 4.77. The van der Waals surface area contributed by atoms with Gasteiger partial charge in [-0.1, -0.05) is 5.92 Å². The second kappa shape index (κ2) is 6.55. The van der Waals surface area contributed by atoms with Gasteiger partial charge < -0.3 is 15.4 Å². The van der Waals surface area contributed by atoms with Crippen LogP contribution in [0.15, 0.2) is 0 Å². The molecule has 1 saturated carbocycles. The summed E-state index contributed by atoms with van der Waals surface area (Å²) in [5, 5.41) is 5.55. The van der Waals surface area contributed by atoms with E-state index in [1.54, 1.807) is 0 Å². The number of terminal acetylenes is 1. The quantitative estimate of drug-likeness (QED) is 0.607. The maximum atomic E-state index is 12.1. The molecule has 1 atom stereocenters. The molecular weight excluding hydrogens is 246 g/mol. The summed E-state index contributed by atoms with van der Waals surface area (Å²) in [5.41, 5.74) is 0. The van der Waals surface area contributed by atoms with Crippen LogP contribution in [0.3, 0.4) is 0 Å². The average molecular weight is 265 g/mol. The van der Waals surface area contributed by atoms with Crippen LogP contribution in [0.1, 0.15) is 12.8 Å². The molecule has 0 bridgehead atoms. The van der Waals surface area contributed by atoms with Crippen molar-refractivity contribution in [3.63, 3.8) is 0 Å². The van der Waals surface area contributed by atoms with Crippen molar-refractivity contribution < 1.29 is 14.3 Å². The summed E-state index contributed by atoms with van der Waals surface area (Å²) in [4.78, 5) is 25.5. The van der Waals surface area contributed by atoms with Gasteiger partial charge >= 0.3 is 0 Å². The number of ether oxygens (including phenoxy) is 1. The number of amides is 2. The van der Waals surface area contributed by atoms with Gasteiger partial charge in [-0.05, 0) is 12.8 Å². The third-order valence-electron chi connectivity index (χ3n) is 3.20. The van der Waals surface area contributed by atoms with Crippen molar-refractivity contribution in [3.8, 4) is 12.3 Å². The highest BCUT2D eigenvalue weighted by molar-refractivity contribution is 5.84. The summed E-state index contributed by atoms with van der Waals surface area (Å²) in [7, 11) is 0. The summed E-state index contributed by atoms with van der Waals surface area (Å²) in [5.74, 6) is 2.14. The molecule has 0 aromatic rings. The fraction of sp³-hybridized carbons (Fsp3) is 0.692. The lowest BCUT2D eigenvalue weighted by Gasteiger charge is -2.33. The number of hydrogen-bond acceptors (Lipinski definition) is 4. The molecule has 0 aromatic heterocycles. The van der Waals surface area contributed by atoms with Crippen LogP contribution in [0, 0.1) is 12.3 Å². The highest BCUT2D eigenvalue weighted by Gasteiger charge is 2.33. The Bertz CT molecular complexity index is 387. The highest BCUT2D eigenvalue weighted by atomic mass is 16.5. The first kappa shape index (κ1) is 13.8. The number of rotatable bonds is 5. The van der Waals surface area contributed by atoms with Crippen molar-refractivity contribution in [2.24, 2.45) is 0 Å². The first-order valence-corrected chi connectivity index (χ1v) is 6.53. The van der Waals surface area contributed by atoms with Crippen molar-refractivity contribution in [3.05, 3.63) is 0 Å². The molecule has 1 aliphatic heterocycles. The number of nitrogens with zero attached hydrogens (tertiary/aromatic N) is 1. The van der Waals surface area contributed by atoms with Gasteiger partial charge in [0.1, 0.15) is 6.04 Å². The average Bonchev–Trinajstić information content (AvgIpc) is 3.21. The van der Waals surface area contributed by atoms with Gasteiger partial charge in [0.2, 0.25) is 11.8 Å². The molecule has 2 fully saturated rings. The fourth-order valence-corrected chi connectivity index (χ4v) is 1.98. The van der Waals surface area contributed by atoms with Crippen LogP contribution < -0.4 is 10.6 Å². The van der Waals surface area contributed by atoms with Gasteiger partial charge in [-0.2, -0.15) is 0 Å². The molecule has 6 nitrogen and oxygen atoms in total. The van der Waals surface area contributed by atoms with E-state index in [9.17, 15) is 9.59 Å². The van der Waals surface area contributed by atoms with Gasteiger partial charge in [-0.25, -0.2) is 0 Å². The molecule has 1 unspecified atom stereocenters. The summed E-state index contributed by atoms with van der Waals surface area (Å²) < 4.78 is 5.33. The zero-order valence-electron chi connectivity index (χ0n) is 10.9. The van der Waals surface area contributed by atoms with Crippen molar-refractivity contribution in [2.45, 2.75) is 24.9 Å². The molecule has 0 radical (unpaired) electrons. The third kappa shape index (κ3) is 4.23. The van der Waals surface area contributed by atoms with Crippen molar-refractivity contribution in [1.29, 1.82) is 0 Å². The predicted octanol–water partition coefficient (Wildman–Crippen LogP) is -1.28. The van der Waals surface area contributed by atoms with E-state index >= 15 is 0 Å². The van der Waals surface area contributed by atoms with Crippen LogP contribution in [0.2, 0.25) is 0 Å². The maximum absolute atomic E-state index is 12.1. The second-order valence-electron chi connectivity index (χ2n) is 4.82. The van der Waals surface area contributed by atoms with Gasteiger partial charge in [0.15, 0.2) is 0 Å². The number of carbonyl (C=O) groups is 2. The third-order valence-corrected chi connectivity index (χ3v) is 3.20. The number of morpholine rings is 1. The molecule has 2 rings (SSSR count). The van der Waals surface area contributed by atoms with Crippen LogP contribution in [-0.2, 0) is 14.3 Å². The van der Waals surface area contributed by atoms with Gasteiger partial charge in [0, 0.05) is 12.6 Å². The molecule has 104 valence electrons. The van der Waals surface area contributed by atoms with Crippen LogP contribution in [0.25, 0.3) is 0 Å². The first-order chi connectivity index (χ1) is 9.20. The van der Waals surface area contributed by atoms with Crippen LogP contribution in [0.5, 0.6) is 0 Å². The number of nitrogens with one attached hydrogen (secondary N) is 2. The minimum atomic E-state index is -0.383. The molecule has 2 aliphatic rings. The lowest BCUT2D eigenvalue weighted by molar-refractivity contribution is -0.135. The lowest BCUT2D eigenvalue weighted by Crippen LogP contribution is -2.56. The molecule has 1 heterocycles. The summed E-state index contributed by atoms with van der Waals surface area (Å²) in [6.07, 6.45) is 7.17. The molecule has 0 spiro atoms. The molecular formula is C13H19N3O3. The summed E-state index contributed by atoms with van der Waals surface area (Å²) in [6, 6.07) is -0.0718. The SMILES string of the molecule is C#CCNC(=O)CN1CCOCC1C(=O)NC1CC1. The van der Waals surface area contributed by atoms with E-state index in [-0.39, 0.29) is 30.9 Å². The molecule has 1 aliphatic carbocycles. The van der Waals surface area contributed by atoms with E-state index in [1.165, 1.54) is 0 Å². The predicted molar refractivity (Wildman–Crippen MR) is 69.2 cm³/mol. The Morgan fingerprint density at radius 1 is 1.42 bits per heavy atom. The topological polar surface area (TPSA) is 70.7 Å². The highest BCUT2D eigenvalue weighted by Crippen LogP contribution is 2.19. The minimum absolute atomic E-state index is 0.0491. The maximum Gasteiger partial charge on any atom is 0.239 e. The van der Waals surface area contributed by atoms with Crippen molar-refractivity contribution >= 4 is 11.8 Å². The molecule has 1 saturated heterocycles. The lowest BCUT2D eigenvalue weighted by atomic mass is 10.2. The van der Waals surface area contributed by atoms with E-state index in [2.05, 4.69) is 16.6 Å². The van der Waals surface area contributed by atoms with Gasteiger partial charge in [-0.3, -0.25) is 14.5 Å². The Morgan fingerprint density at radius 3 is 2.89 bits per heavy atom. The summed E-state index contributed by atoms with van der Waals surface area (Å²) in [6.45, 7) is 1.83. The Balaban J connectivity index is 1.85. The Morgan fingerprint density at radius 2 is 2.21 bits per heavy atom. The van der Waals surface area contributed by atoms with Crippen molar-refractivity contribution in [2.75, 3.05) is 32.8 Å². The molecule has 19 heavy (non-hydrogen) atoms. The first-order valence-electron chi connectivity index (χ1n) is 6.53. The normalized spacial score (nSPS) is 23.4.